The third kappa shape index (κ3) is 2.83. The molecule has 0 unspecified atom stereocenters. The van der Waals surface area contributed by atoms with Crippen LogP contribution in [0.1, 0.15) is 49.1 Å². The monoisotopic (exact) mass is 303 g/mol. The first kappa shape index (κ1) is 14.7. The number of fused-ring (bicyclic) bond motifs is 4. The van der Waals surface area contributed by atoms with Crippen LogP contribution in [-0.2, 0) is 6.54 Å². The van der Waals surface area contributed by atoms with Crippen molar-refractivity contribution in [2.75, 3.05) is 26.2 Å². The summed E-state index contributed by atoms with van der Waals surface area (Å²) in [5, 5.41) is 4.12. The zero-order valence-corrected chi connectivity index (χ0v) is 14.1. The van der Waals surface area contributed by atoms with Crippen molar-refractivity contribution in [2.24, 2.45) is 11.8 Å². The van der Waals surface area contributed by atoms with Crippen molar-refractivity contribution in [1.82, 2.24) is 15.0 Å². The molecule has 1 aromatic rings. The molecule has 1 aromatic heterocycles. The number of nitrogens with zero attached hydrogens (tertiary/aromatic N) is 3. The van der Waals surface area contributed by atoms with Gasteiger partial charge in [0.15, 0.2) is 0 Å². The standard InChI is InChI=1S/C18H29N3O/c1-13-18(14(2)22-19-13)12-20-8-16-6-7-17(11-20)21(10-16)9-15-4-3-5-15/h15-17H,3-12H2,1-2H3/t16-,17+/m1/s1. The van der Waals surface area contributed by atoms with Crippen molar-refractivity contribution in [1.29, 1.82) is 0 Å². The fraction of sp³-hybridized carbons (Fsp3) is 0.833. The lowest BCUT2D eigenvalue weighted by atomic mass is 9.83. The van der Waals surface area contributed by atoms with Gasteiger partial charge >= 0.3 is 0 Å². The largest absolute Gasteiger partial charge is 0.361 e. The summed E-state index contributed by atoms with van der Waals surface area (Å²) < 4.78 is 5.35. The van der Waals surface area contributed by atoms with E-state index in [-0.39, 0.29) is 0 Å². The second-order valence-corrected chi connectivity index (χ2v) is 7.84. The fourth-order valence-electron chi connectivity index (χ4n) is 4.59. The molecule has 0 radical (unpaired) electrons. The maximum atomic E-state index is 5.35. The number of aromatic nitrogens is 1. The Kier molecular flexibility index (Phi) is 3.99. The van der Waals surface area contributed by atoms with Crippen LogP contribution in [0.25, 0.3) is 0 Å². The molecule has 0 spiro atoms. The molecule has 4 fully saturated rings. The third-order valence-corrected chi connectivity index (χ3v) is 6.18. The van der Waals surface area contributed by atoms with E-state index >= 15 is 0 Å². The highest BCUT2D eigenvalue weighted by Gasteiger charge is 2.36. The SMILES string of the molecule is Cc1noc(C)c1CN1C[C@H]2CC[C@@H](C1)N(CC1CCC1)C2. The van der Waals surface area contributed by atoms with Crippen molar-refractivity contribution >= 4 is 0 Å². The summed E-state index contributed by atoms with van der Waals surface area (Å²) in [6.07, 6.45) is 7.22. The zero-order valence-electron chi connectivity index (χ0n) is 14.1. The van der Waals surface area contributed by atoms with Gasteiger partial charge in [0, 0.05) is 44.3 Å². The molecule has 0 aromatic carbocycles. The average molecular weight is 303 g/mol. The quantitative estimate of drug-likeness (QED) is 0.856. The van der Waals surface area contributed by atoms with Crippen molar-refractivity contribution in [3.63, 3.8) is 0 Å². The minimum absolute atomic E-state index is 0.778. The topological polar surface area (TPSA) is 32.5 Å². The molecule has 4 nitrogen and oxygen atoms in total. The second-order valence-electron chi connectivity index (χ2n) is 7.84. The van der Waals surface area contributed by atoms with E-state index in [1.165, 1.54) is 63.8 Å². The molecule has 2 atom stereocenters. The van der Waals surface area contributed by atoms with Crippen LogP contribution in [-0.4, -0.2) is 47.2 Å². The van der Waals surface area contributed by atoms with E-state index in [1.54, 1.807) is 0 Å². The Morgan fingerprint density at radius 2 is 1.95 bits per heavy atom. The average Bonchev–Trinajstić information content (AvgIpc) is 2.67. The molecular weight excluding hydrogens is 274 g/mol. The molecule has 122 valence electrons. The summed E-state index contributed by atoms with van der Waals surface area (Å²) in [6, 6.07) is 0.778. The van der Waals surface area contributed by atoms with Crippen LogP contribution in [0.5, 0.6) is 0 Å². The van der Waals surface area contributed by atoms with Crippen LogP contribution in [0.3, 0.4) is 0 Å². The molecule has 1 saturated carbocycles. The summed E-state index contributed by atoms with van der Waals surface area (Å²) in [5.74, 6) is 2.86. The molecule has 4 heterocycles. The Morgan fingerprint density at radius 1 is 1.09 bits per heavy atom. The zero-order chi connectivity index (χ0) is 15.1. The van der Waals surface area contributed by atoms with E-state index in [1.807, 2.05) is 6.92 Å². The molecule has 5 rings (SSSR count). The molecule has 4 aliphatic rings. The van der Waals surface area contributed by atoms with Crippen LogP contribution in [0.15, 0.2) is 4.52 Å². The van der Waals surface area contributed by atoms with Gasteiger partial charge < -0.3 is 4.52 Å². The Bertz CT molecular complexity index is 503. The van der Waals surface area contributed by atoms with Gasteiger partial charge in [0.05, 0.1) is 5.69 Å². The number of aryl methyl sites for hydroxylation is 2. The van der Waals surface area contributed by atoms with E-state index in [9.17, 15) is 0 Å². The highest BCUT2D eigenvalue weighted by molar-refractivity contribution is 5.20. The van der Waals surface area contributed by atoms with E-state index in [0.29, 0.717) is 0 Å². The van der Waals surface area contributed by atoms with Gasteiger partial charge in [0.25, 0.3) is 0 Å². The van der Waals surface area contributed by atoms with Gasteiger partial charge in [-0.2, -0.15) is 0 Å². The number of hydrogen-bond acceptors (Lipinski definition) is 4. The lowest BCUT2D eigenvalue weighted by molar-refractivity contribution is 0.0890. The van der Waals surface area contributed by atoms with E-state index < -0.39 is 0 Å². The molecule has 3 saturated heterocycles. The molecule has 3 aliphatic heterocycles. The van der Waals surface area contributed by atoms with Crippen LogP contribution in [0.2, 0.25) is 0 Å². The Hall–Kier alpha value is -0.870. The van der Waals surface area contributed by atoms with Crippen molar-refractivity contribution in [2.45, 2.75) is 58.5 Å². The van der Waals surface area contributed by atoms with Crippen molar-refractivity contribution in [3.8, 4) is 0 Å². The summed E-state index contributed by atoms with van der Waals surface area (Å²) in [6.45, 7) is 10.3. The number of rotatable bonds is 4. The first-order valence-corrected chi connectivity index (χ1v) is 9.07. The van der Waals surface area contributed by atoms with Crippen molar-refractivity contribution in [3.05, 3.63) is 17.0 Å². The maximum absolute atomic E-state index is 5.35. The number of piperidine rings is 1. The third-order valence-electron chi connectivity index (χ3n) is 6.18. The summed E-state index contributed by atoms with van der Waals surface area (Å²) in [7, 11) is 0. The lowest BCUT2D eigenvalue weighted by Crippen LogP contribution is -2.46. The predicted octanol–water partition coefficient (Wildman–Crippen LogP) is 2.99. The van der Waals surface area contributed by atoms with Crippen LogP contribution < -0.4 is 0 Å². The van der Waals surface area contributed by atoms with Gasteiger partial charge in [-0.1, -0.05) is 11.6 Å². The van der Waals surface area contributed by atoms with Crippen LogP contribution in [0.4, 0.5) is 0 Å². The highest BCUT2D eigenvalue weighted by atomic mass is 16.5. The molecule has 22 heavy (non-hydrogen) atoms. The lowest BCUT2D eigenvalue weighted by Gasteiger charge is -2.40. The molecule has 0 N–H and O–H groups in total. The van der Waals surface area contributed by atoms with E-state index in [0.717, 1.165) is 35.9 Å². The maximum Gasteiger partial charge on any atom is 0.138 e. The number of hydrogen-bond donors (Lipinski definition) is 0. The molecule has 1 aliphatic carbocycles. The minimum Gasteiger partial charge on any atom is -0.361 e. The van der Waals surface area contributed by atoms with E-state index in [2.05, 4.69) is 21.9 Å². The van der Waals surface area contributed by atoms with Crippen LogP contribution >= 0.6 is 0 Å². The summed E-state index contributed by atoms with van der Waals surface area (Å²) >= 11 is 0. The van der Waals surface area contributed by atoms with Gasteiger partial charge in [-0.3, -0.25) is 9.80 Å². The normalized spacial score (nSPS) is 30.5. The first-order chi connectivity index (χ1) is 10.7. The van der Waals surface area contributed by atoms with Gasteiger partial charge in [-0.05, 0) is 51.4 Å². The molecule has 0 amide bonds. The van der Waals surface area contributed by atoms with Gasteiger partial charge in [0.1, 0.15) is 5.76 Å². The predicted molar refractivity (Wildman–Crippen MR) is 86.7 cm³/mol. The van der Waals surface area contributed by atoms with Gasteiger partial charge in [-0.15, -0.1) is 0 Å². The van der Waals surface area contributed by atoms with E-state index in [4.69, 9.17) is 4.52 Å². The Labute approximate surface area is 133 Å². The molecule has 4 heteroatoms. The molecule has 2 bridgehead atoms. The molecular formula is C18H29N3O. The summed E-state index contributed by atoms with van der Waals surface area (Å²) in [5.41, 5.74) is 2.38. The highest BCUT2D eigenvalue weighted by Crippen LogP contribution is 2.33. The smallest absolute Gasteiger partial charge is 0.138 e. The Morgan fingerprint density at radius 3 is 2.64 bits per heavy atom. The first-order valence-electron chi connectivity index (χ1n) is 9.07. The second kappa shape index (κ2) is 5.97. The fourth-order valence-corrected chi connectivity index (χ4v) is 4.59. The van der Waals surface area contributed by atoms with Crippen molar-refractivity contribution < 1.29 is 4.52 Å². The van der Waals surface area contributed by atoms with Gasteiger partial charge in [-0.25, -0.2) is 0 Å². The Balaban J connectivity index is 1.43. The summed E-state index contributed by atoms with van der Waals surface area (Å²) in [4.78, 5) is 5.49. The minimum atomic E-state index is 0.778. The van der Waals surface area contributed by atoms with Crippen LogP contribution in [0, 0.1) is 25.7 Å². The van der Waals surface area contributed by atoms with Gasteiger partial charge in [0.2, 0.25) is 0 Å².